The first kappa shape index (κ1) is 29.3. The van der Waals surface area contributed by atoms with E-state index >= 15 is 0 Å². The zero-order valence-electron chi connectivity index (χ0n) is 23.3. The number of hydrogen-bond donors (Lipinski definition) is 5. The van der Waals surface area contributed by atoms with Crippen LogP contribution in [0.3, 0.4) is 0 Å². The van der Waals surface area contributed by atoms with Crippen LogP contribution >= 0.6 is 11.6 Å². The highest BCUT2D eigenvalue weighted by molar-refractivity contribution is 6.30. The average Bonchev–Trinajstić information content (AvgIpc) is 3.77. The molecular weight excluding hydrogens is 554 g/mol. The molecule has 1 saturated heterocycles. The van der Waals surface area contributed by atoms with Gasteiger partial charge in [-0.15, -0.1) is 0 Å². The zero-order chi connectivity index (χ0) is 29.5. The normalized spacial score (nSPS) is 17.3. The van der Waals surface area contributed by atoms with E-state index in [9.17, 15) is 14.4 Å². The van der Waals surface area contributed by atoms with Gasteiger partial charge >= 0.3 is 0 Å². The topological polar surface area (TPSA) is 149 Å². The first-order chi connectivity index (χ1) is 20.4. The van der Waals surface area contributed by atoms with Gasteiger partial charge in [-0.1, -0.05) is 41.9 Å². The molecule has 0 bridgehead atoms. The molecule has 0 aliphatic carbocycles. The van der Waals surface area contributed by atoms with Crippen LogP contribution in [0.4, 0.5) is 0 Å². The highest BCUT2D eigenvalue weighted by atomic mass is 35.5. The summed E-state index contributed by atoms with van der Waals surface area (Å²) in [6.07, 6.45) is 7.53. The number of likely N-dealkylation sites (tertiary alicyclic amines) is 1. The van der Waals surface area contributed by atoms with Gasteiger partial charge < -0.3 is 31.2 Å². The first-order valence-corrected chi connectivity index (χ1v) is 14.6. The lowest BCUT2D eigenvalue weighted by molar-refractivity contribution is -0.132. The van der Waals surface area contributed by atoms with Gasteiger partial charge in [0.2, 0.25) is 17.7 Å². The van der Waals surface area contributed by atoms with Gasteiger partial charge in [-0.05, 0) is 48.6 Å². The summed E-state index contributed by atoms with van der Waals surface area (Å²) in [5.74, 6) is -2.10. The summed E-state index contributed by atoms with van der Waals surface area (Å²) < 4.78 is 0. The van der Waals surface area contributed by atoms with Gasteiger partial charge in [0.25, 0.3) is 0 Å². The van der Waals surface area contributed by atoms with Crippen LogP contribution in [0.25, 0.3) is 10.9 Å². The number of carbonyl (C=O) groups excluding carboxylic acids is 3. The van der Waals surface area contributed by atoms with Gasteiger partial charge in [-0.25, -0.2) is 4.98 Å². The summed E-state index contributed by atoms with van der Waals surface area (Å²) in [6.45, 7) is 1.09. The molecule has 5 rings (SSSR count). The van der Waals surface area contributed by atoms with Crippen LogP contribution in [0.1, 0.15) is 23.2 Å². The number of rotatable bonds is 12. The third-order valence-corrected chi connectivity index (χ3v) is 8.15. The molecule has 0 saturated carbocycles. The third-order valence-electron chi connectivity index (χ3n) is 7.90. The van der Waals surface area contributed by atoms with Crippen molar-refractivity contribution in [2.24, 2.45) is 17.6 Å². The molecule has 220 valence electrons. The maximum atomic E-state index is 13.4. The molecule has 3 atom stereocenters. The lowest BCUT2D eigenvalue weighted by Crippen LogP contribution is -2.44. The summed E-state index contributed by atoms with van der Waals surface area (Å²) in [6, 6.07) is 14.7. The molecule has 10 nitrogen and oxygen atoms in total. The fourth-order valence-corrected chi connectivity index (χ4v) is 5.64. The Kier molecular flexibility index (Phi) is 9.55. The summed E-state index contributed by atoms with van der Waals surface area (Å²) >= 11 is 5.97. The fourth-order valence-electron chi connectivity index (χ4n) is 5.51. The Hall–Kier alpha value is -4.15. The molecule has 0 spiro atoms. The minimum Gasteiger partial charge on any atom is -0.361 e. The van der Waals surface area contributed by atoms with Crippen molar-refractivity contribution < 1.29 is 14.4 Å². The van der Waals surface area contributed by atoms with Crippen LogP contribution in [-0.4, -0.2) is 69.8 Å². The van der Waals surface area contributed by atoms with Crippen LogP contribution < -0.4 is 16.4 Å². The number of H-pyrrole nitrogens is 2. The van der Waals surface area contributed by atoms with Crippen LogP contribution in [0, 0.1) is 11.8 Å². The molecule has 3 heterocycles. The Balaban J connectivity index is 1.20. The second-order valence-electron chi connectivity index (χ2n) is 10.7. The molecule has 0 unspecified atom stereocenters. The molecule has 2 aromatic heterocycles. The Morgan fingerprint density at radius 1 is 0.952 bits per heavy atom. The highest BCUT2D eigenvalue weighted by Gasteiger charge is 2.44. The van der Waals surface area contributed by atoms with E-state index in [0.29, 0.717) is 43.8 Å². The van der Waals surface area contributed by atoms with Crippen molar-refractivity contribution in [1.82, 2.24) is 30.5 Å². The number of nitrogens with zero attached hydrogens (tertiary/aromatic N) is 2. The maximum absolute atomic E-state index is 13.4. The summed E-state index contributed by atoms with van der Waals surface area (Å²) in [5, 5.41) is 7.71. The second-order valence-corrected chi connectivity index (χ2v) is 11.2. The van der Waals surface area contributed by atoms with Crippen molar-refractivity contribution in [3.05, 3.63) is 89.1 Å². The largest absolute Gasteiger partial charge is 0.361 e. The van der Waals surface area contributed by atoms with Gasteiger partial charge in [-0.3, -0.25) is 14.4 Å². The number of aromatic amines is 2. The number of para-hydroxylation sites is 1. The van der Waals surface area contributed by atoms with Crippen molar-refractivity contribution in [2.45, 2.75) is 31.7 Å². The standard InChI is InChI=1S/C31H36ClN7O3/c32-22-8-5-20(6-9-22)7-10-27(33)31(42)39-17-25(26(18-39)30(41)36-14-12-23-16-34-19-38-23)29(40)35-13-11-21-15-37-28-4-2-1-3-24(21)28/h1-6,8-9,15-16,19,25-27,37H,7,10-14,17-18,33H2,(H,34,38)(H,35,40)(H,36,41)/t25-,26-,27+/m1/s1. The minimum absolute atomic E-state index is 0.143. The lowest BCUT2D eigenvalue weighted by atomic mass is 9.94. The molecule has 6 N–H and O–H groups in total. The zero-order valence-corrected chi connectivity index (χ0v) is 24.1. The fraction of sp³-hybridized carbons (Fsp3) is 0.355. The quantitative estimate of drug-likeness (QED) is 0.172. The van der Waals surface area contributed by atoms with Crippen molar-refractivity contribution >= 4 is 40.2 Å². The number of nitrogens with one attached hydrogen (secondary N) is 4. The van der Waals surface area contributed by atoms with Crippen LogP contribution in [0.15, 0.2) is 67.3 Å². The molecule has 42 heavy (non-hydrogen) atoms. The second kappa shape index (κ2) is 13.7. The smallest absolute Gasteiger partial charge is 0.239 e. The number of nitrogens with two attached hydrogens (primary N) is 1. The number of hydrogen-bond acceptors (Lipinski definition) is 5. The van der Waals surface area contributed by atoms with Gasteiger partial charge in [0.05, 0.1) is 24.2 Å². The molecule has 11 heteroatoms. The van der Waals surface area contributed by atoms with Gasteiger partial charge in [0, 0.05) is 66.6 Å². The highest BCUT2D eigenvalue weighted by Crippen LogP contribution is 2.26. The molecule has 0 radical (unpaired) electrons. The van der Waals surface area contributed by atoms with Gasteiger partial charge in [0.1, 0.15) is 0 Å². The van der Waals surface area contributed by atoms with Crippen molar-refractivity contribution in [3.63, 3.8) is 0 Å². The molecule has 1 aliphatic heterocycles. The predicted molar refractivity (Wildman–Crippen MR) is 162 cm³/mol. The number of fused-ring (bicyclic) bond motifs is 1. The maximum Gasteiger partial charge on any atom is 0.239 e. The Labute approximate surface area is 249 Å². The van der Waals surface area contributed by atoms with Gasteiger partial charge in [-0.2, -0.15) is 0 Å². The van der Waals surface area contributed by atoms with E-state index in [1.807, 2.05) is 54.7 Å². The predicted octanol–water partition coefficient (Wildman–Crippen LogP) is 2.60. The molecule has 4 aromatic rings. The monoisotopic (exact) mass is 589 g/mol. The summed E-state index contributed by atoms with van der Waals surface area (Å²) in [4.78, 5) is 51.8. The first-order valence-electron chi connectivity index (χ1n) is 14.3. The summed E-state index contributed by atoms with van der Waals surface area (Å²) in [5.41, 5.74) is 10.4. The number of amides is 3. The Bertz CT molecular complexity index is 1500. The Morgan fingerprint density at radius 2 is 1.64 bits per heavy atom. The molecule has 1 aliphatic rings. The van der Waals surface area contributed by atoms with Crippen molar-refractivity contribution in [3.8, 4) is 0 Å². The van der Waals surface area contributed by atoms with E-state index in [1.54, 1.807) is 17.4 Å². The molecule has 3 amide bonds. The van der Waals surface area contributed by atoms with E-state index in [2.05, 4.69) is 25.6 Å². The van der Waals surface area contributed by atoms with E-state index in [1.165, 1.54) is 0 Å². The van der Waals surface area contributed by atoms with Gasteiger partial charge in [0.15, 0.2) is 0 Å². The minimum atomic E-state index is -0.742. The number of aromatic nitrogens is 3. The Morgan fingerprint density at radius 3 is 2.33 bits per heavy atom. The van der Waals surface area contributed by atoms with Crippen LogP contribution in [0.5, 0.6) is 0 Å². The van der Waals surface area contributed by atoms with E-state index in [-0.39, 0.29) is 30.8 Å². The number of aryl methyl sites for hydroxylation is 1. The SMILES string of the molecule is N[C@@H](CCc1ccc(Cl)cc1)C(=O)N1C[C@@H](C(=O)NCCc2cnc[nH]2)[C@H](C(=O)NCCc2c[nH]c3ccccc23)C1. The number of imidazole rings is 1. The van der Waals surface area contributed by atoms with Crippen molar-refractivity contribution in [2.75, 3.05) is 26.2 Å². The molecular formula is C31H36ClN7O3. The number of benzene rings is 2. The third kappa shape index (κ3) is 7.18. The van der Waals surface area contributed by atoms with Crippen LogP contribution in [0.2, 0.25) is 5.02 Å². The average molecular weight is 590 g/mol. The number of halogens is 1. The summed E-state index contributed by atoms with van der Waals surface area (Å²) in [7, 11) is 0. The van der Waals surface area contributed by atoms with E-state index in [0.717, 1.165) is 27.7 Å². The lowest BCUT2D eigenvalue weighted by Gasteiger charge is -2.21. The molecule has 2 aromatic carbocycles. The van der Waals surface area contributed by atoms with E-state index < -0.39 is 17.9 Å². The number of carbonyl (C=O) groups is 3. The van der Waals surface area contributed by atoms with Crippen molar-refractivity contribution in [1.29, 1.82) is 0 Å². The van der Waals surface area contributed by atoms with E-state index in [4.69, 9.17) is 17.3 Å². The van der Waals surface area contributed by atoms with Crippen LogP contribution in [-0.2, 0) is 33.6 Å². The molecule has 1 fully saturated rings.